The van der Waals surface area contributed by atoms with E-state index < -0.39 is 10.0 Å². The van der Waals surface area contributed by atoms with Crippen LogP contribution in [-0.4, -0.2) is 25.8 Å². The first-order valence-corrected chi connectivity index (χ1v) is 8.86. The summed E-state index contributed by atoms with van der Waals surface area (Å²) in [4.78, 5) is 4.01. The molecule has 1 heterocycles. The molecule has 1 aromatic rings. The Morgan fingerprint density at radius 1 is 1.37 bits per heavy atom. The molecule has 19 heavy (non-hydrogen) atoms. The SMILES string of the molecule is CCC(CC)(CCl)CNS(=O)(=O)c1cncc(Br)c1. The maximum absolute atomic E-state index is 12.2. The first-order valence-electron chi connectivity index (χ1n) is 6.05. The Bertz CT molecular complexity index is 510. The maximum atomic E-state index is 12.2. The van der Waals surface area contributed by atoms with E-state index in [0.29, 0.717) is 16.9 Å². The lowest BCUT2D eigenvalue weighted by Crippen LogP contribution is -2.38. The van der Waals surface area contributed by atoms with E-state index in [0.717, 1.165) is 12.8 Å². The second-order valence-corrected chi connectivity index (χ2v) is 7.45. The molecule has 0 aliphatic heterocycles. The Hall–Kier alpha value is -0.170. The van der Waals surface area contributed by atoms with E-state index in [4.69, 9.17) is 11.6 Å². The highest BCUT2D eigenvalue weighted by atomic mass is 79.9. The molecule has 0 fully saturated rings. The number of nitrogens with one attached hydrogen (secondary N) is 1. The van der Waals surface area contributed by atoms with Crippen molar-refractivity contribution in [2.75, 3.05) is 12.4 Å². The normalized spacial score (nSPS) is 12.6. The van der Waals surface area contributed by atoms with Crippen molar-refractivity contribution < 1.29 is 8.42 Å². The van der Waals surface area contributed by atoms with Crippen LogP contribution in [0.15, 0.2) is 27.8 Å². The average Bonchev–Trinajstić information content (AvgIpc) is 2.41. The van der Waals surface area contributed by atoms with Gasteiger partial charge in [0.25, 0.3) is 0 Å². The van der Waals surface area contributed by atoms with E-state index >= 15 is 0 Å². The van der Waals surface area contributed by atoms with Crippen molar-refractivity contribution >= 4 is 37.6 Å². The molecule has 0 radical (unpaired) electrons. The summed E-state index contributed by atoms with van der Waals surface area (Å²) in [5.41, 5.74) is -0.200. The molecule has 0 bridgehead atoms. The number of pyridine rings is 1. The van der Waals surface area contributed by atoms with E-state index in [2.05, 4.69) is 25.6 Å². The van der Waals surface area contributed by atoms with Gasteiger partial charge < -0.3 is 0 Å². The van der Waals surface area contributed by atoms with Gasteiger partial charge in [0.1, 0.15) is 4.90 Å². The van der Waals surface area contributed by atoms with Crippen LogP contribution in [0.1, 0.15) is 26.7 Å². The van der Waals surface area contributed by atoms with Crippen molar-refractivity contribution in [1.82, 2.24) is 9.71 Å². The van der Waals surface area contributed by atoms with Gasteiger partial charge in [-0.3, -0.25) is 4.98 Å². The quantitative estimate of drug-likeness (QED) is 0.751. The number of sulfonamides is 1. The highest BCUT2D eigenvalue weighted by Crippen LogP contribution is 2.27. The summed E-state index contributed by atoms with van der Waals surface area (Å²) in [6, 6.07) is 1.52. The van der Waals surface area contributed by atoms with Crippen molar-refractivity contribution in [3.8, 4) is 0 Å². The first-order chi connectivity index (χ1) is 8.89. The van der Waals surface area contributed by atoms with Gasteiger partial charge in [-0.1, -0.05) is 13.8 Å². The smallest absolute Gasteiger partial charge is 0.242 e. The van der Waals surface area contributed by atoms with Gasteiger partial charge in [0.15, 0.2) is 0 Å². The number of hydrogen-bond donors (Lipinski definition) is 1. The van der Waals surface area contributed by atoms with Crippen molar-refractivity contribution in [2.24, 2.45) is 5.41 Å². The van der Waals surface area contributed by atoms with Gasteiger partial charge in [-0.05, 0) is 40.3 Å². The third kappa shape index (κ3) is 4.41. The number of halogens is 2. The highest BCUT2D eigenvalue weighted by Gasteiger charge is 2.27. The third-order valence-corrected chi connectivity index (χ3v) is 5.78. The Morgan fingerprint density at radius 2 is 2.00 bits per heavy atom. The van der Waals surface area contributed by atoms with Crippen LogP contribution in [0.3, 0.4) is 0 Å². The summed E-state index contributed by atoms with van der Waals surface area (Å²) in [5.74, 6) is 0.430. The molecule has 0 unspecified atom stereocenters. The molecule has 0 spiro atoms. The highest BCUT2D eigenvalue weighted by molar-refractivity contribution is 9.10. The monoisotopic (exact) mass is 368 g/mol. The summed E-state index contributed by atoms with van der Waals surface area (Å²) in [6.07, 6.45) is 4.52. The van der Waals surface area contributed by atoms with Gasteiger partial charge in [-0.15, -0.1) is 11.6 Å². The van der Waals surface area contributed by atoms with E-state index in [1.54, 1.807) is 6.20 Å². The van der Waals surface area contributed by atoms with Crippen LogP contribution >= 0.6 is 27.5 Å². The molecule has 0 saturated heterocycles. The molecule has 7 heteroatoms. The van der Waals surface area contributed by atoms with E-state index in [9.17, 15) is 8.42 Å². The van der Waals surface area contributed by atoms with Gasteiger partial charge in [0.05, 0.1) is 0 Å². The van der Waals surface area contributed by atoms with Gasteiger partial charge in [-0.2, -0.15) is 0 Å². The minimum absolute atomic E-state index is 0.151. The van der Waals surface area contributed by atoms with Gasteiger partial charge in [0, 0.05) is 29.3 Å². The van der Waals surface area contributed by atoms with Gasteiger partial charge in [-0.25, -0.2) is 13.1 Å². The fraction of sp³-hybridized carbons (Fsp3) is 0.583. The molecule has 0 aliphatic carbocycles. The molecule has 0 saturated carbocycles. The van der Waals surface area contributed by atoms with Crippen molar-refractivity contribution in [1.29, 1.82) is 0 Å². The van der Waals surface area contributed by atoms with Crippen LogP contribution in [0.2, 0.25) is 0 Å². The maximum Gasteiger partial charge on any atom is 0.242 e. The fourth-order valence-corrected chi connectivity index (χ4v) is 3.74. The predicted octanol–water partition coefficient (Wildman–Crippen LogP) is 3.17. The number of aromatic nitrogens is 1. The summed E-state index contributed by atoms with van der Waals surface area (Å²) in [6.45, 7) is 4.36. The minimum Gasteiger partial charge on any atom is -0.262 e. The lowest BCUT2D eigenvalue weighted by molar-refractivity contribution is 0.304. The average molecular weight is 370 g/mol. The minimum atomic E-state index is -3.55. The molecular weight excluding hydrogens is 352 g/mol. The van der Waals surface area contributed by atoms with Crippen LogP contribution in [0, 0.1) is 5.41 Å². The zero-order valence-electron chi connectivity index (χ0n) is 11.0. The zero-order chi connectivity index (χ0) is 14.5. The molecular formula is C12H18BrClN2O2S. The van der Waals surface area contributed by atoms with E-state index in [1.807, 2.05) is 13.8 Å². The molecule has 0 aliphatic rings. The lowest BCUT2D eigenvalue weighted by atomic mass is 9.85. The Morgan fingerprint density at radius 3 is 2.47 bits per heavy atom. The van der Waals surface area contributed by atoms with E-state index in [1.165, 1.54) is 12.3 Å². The van der Waals surface area contributed by atoms with Crippen LogP contribution in [0.4, 0.5) is 0 Å². The number of nitrogens with zero attached hydrogens (tertiary/aromatic N) is 1. The summed E-state index contributed by atoms with van der Waals surface area (Å²) < 4.78 is 27.6. The van der Waals surface area contributed by atoms with Gasteiger partial charge in [0.2, 0.25) is 10.0 Å². The topological polar surface area (TPSA) is 59.1 Å². The molecule has 1 aromatic heterocycles. The first kappa shape index (κ1) is 16.9. The second-order valence-electron chi connectivity index (χ2n) is 4.50. The summed E-state index contributed by atoms with van der Waals surface area (Å²) >= 11 is 9.18. The molecule has 4 nitrogen and oxygen atoms in total. The molecule has 0 amide bonds. The van der Waals surface area contributed by atoms with Crippen LogP contribution in [0.5, 0.6) is 0 Å². The number of alkyl halides is 1. The third-order valence-electron chi connectivity index (χ3n) is 3.41. The summed E-state index contributed by atoms with van der Waals surface area (Å²) in [5, 5.41) is 0. The molecule has 108 valence electrons. The fourth-order valence-electron chi connectivity index (χ4n) is 1.61. The largest absolute Gasteiger partial charge is 0.262 e. The number of rotatable bonds is 7. The Balaban J connectivity index is 2.87. The molecule has 0 aromatic carbocycles. The number of hydrogen-bond acceptors (Lipinski definition) is 3. The van der Waals surface area contributed by atoms with Crippen LogP contribution in [0.25, 0.3) is 0 Å². The standard InChI is InChI=1S/C12H18BrClN2O2S/c1-3-12(4-2,8-14)9-16-19(17,18)11-5-10(13)6-15-7-11/h5-7,16H,3-4,8-9H2,1-2H3. The zero-order valence-corrected chi connectivity index (χ0v) is 14.1. The summed E-state index contributed by atoms with van der Waals surface area (Å²) in [7, 11) is -3.55. The van der Waals surface area contributed by atoms with Gasteiger partial charge >= 0.3 is 0 Å². The lowest BCUT2D eigenvalue weighted by Gasteiger charge is -2.29. The Labute approximate surface area is 128 Å². The van der Waals surface area contributed by atoms with E-state index in [-0.39, 0.29) is 10.3 Å². The van der Waals surface area contributed by atoms with Crippen molar-refractivity contribution in [3.63, 3.8) is 0 Å². The second kappa shape index (κ2) is 7.02. The molecule has 0 atom stereocenters. The van der Waals surface area contributed by atoms with Crippen molar-refractivity contribution in [2.45, 2.75) is 31.6 Å². The van der Waals surface area contributed by atoms with Crippen LogP contribution < -0.4 is 4.72 Å². The van der Waals surface area contributed by atoms with Crippen molar-refractivity contribution in [3.05, 3.63) is 22.9 Å². The van der Waals surface area contributed by atoms with Crippen LogP contribution in [-0.2, 0) is 10.0 Å². The Kier molecular flexibility index (Phi) is 6.23. The molecule has 1 rings (SSSR count). The molecule has 1 N–H and O–H groups in total. The predicted molar refractivity (Wildman–Crippen MR) is 80.9 cm³/mol.